The summed E-state index contributed by atoms with van der Waals surface area (Å²) in [4.78, 5) is 11.8. The van der Waals surface area contributed by atoms with Crippen molar-refractivity contribution < 1.29 is 13.2 Å². The van der Waals surface area contributed by atoms with E-state index in [0.717, 1.165) is 25.5 Å². The Hall–Kier alpha value is -1.77. The number of guanidine groups is 1. The molecule has 6 nitrogen and oxygen atoms in total. The van der Waals surface area contributed by atoms with Crippen molar-refractivity contribution >= 4 is 5.96 Å². The van der Waals surface area contributed by atoms with Crippen LogP contribution in [0, 0.1) is 5.92 Å². The van der Waals surface area contributed by atoms with Crippen LogP contribution in [0.25, 0.3) is 0 Å². The van der Waals surface area contributed by atoms with Crippen LogP contribution in [0.3, 0.4) is 0 Å². The first-order valence-corrected chi connectivity index (χ1v) is 8.48. The van der Waals surface area contributed by atoms with Gasteiger partial charge in [0, 0.05) is 45.6 Å². The number of rotatable bonds is 5. The maximum atomic E-state index is 12.4. The molecule has 1 aromatic heterocycles. The number of aromatic nitrogens is 2. The molecule has 0 aromatic carbocycles. The van der Waals surface area contributed by atoms with Gasteiger partial charge in [0.1, 0.15) is 0 Å². The predicted molar refractivity (Wildman–Crippen MR) is 91.5 cm³/mol. The lowest BCUT2D eigenvalue weighted by Crippen LogP contribution is -2.50. The van der Waals surface area contributed by atoms with Gasteiger partial charge in [-0.1, -0.05) is 6.92 Å². The smallest absolute Gasteiger partial charge is 0.355 e. The summed E-state index contributed by atoms with van der Waals surface area (Å²) in [6.45, 7) is 3.72. The van der Waals surface area contributed by atoms with Crippen molar-refractivity contribution in [3.8, 4) is 0 Å². The van der Waals surface area contributed by atoms with Crippen LogP contribution >= 0.6 is 0 Å². The fourth-order valence-corrected chi connectivity index (χ4v) is 3.17. The van der Waals surface area contributed by atoms with Gasteiger partial charge in [0.25, 0.3) is 0 Å². The molecular formula is C16H27F3N6. The molecule has 0 spiro atoms. The number of nitrogens with one attached hydrogen (secondary N) is 1. The summed E-state index contributed by atoms with van der Waals surface area (Å²) in [5.74, 6) is 1.26. The Morgan fingerprint density at radius 2 is 2.20 bits per heavy atom. The summed E-state index contributed by atoms with van der Waals surface area (Å²) in [5.41, 5.74) is 0. The fraction of sp³-hybridized carbons (Fsp3) is 0.750. The van der Waals surface area contributed by atoms with Crippen molar-refractivity contribution in [1.82, 2.24) is 24.7 Å². The van der Waals surface area contributed by atoms with E-state index in [9.17, 15) is 13.2 Å². The van der Waals surface area contributed by atoms with Gasteiger partial charge < -0.3 is 14.8 Å². The second kappa shape index (κ2) is 8.55. The molecule has 0 saturated carbocycles. The molecule has 0 aliphatic carbocycles. The topological polar surface area (TPSA) is 48.7 Å². The summed E-state index contributed by atoms with van der Waals surface area (Å²) >= 11 is 0. The second-order valence-corrected chi connectivity index (χ2v) is 6.62. The van der Waals surface area contributed by atoms with Gasteiger partial charge >= 0.3 is 6.18 Å². The van der Waals surface area contributed by atoms with Crippen molar-refractivity contribution in [2.75, 3.05) is 46.8 Å². The monoisotopic (exact) mass is 360 g/mol. The van der Waals surface area contributed by atoms with Crippen LogP contribution in [-0.2, 0) is 0 Å². The number of hydrogen-bond donors (Lipinski definition) is 1. The molecule has 9 heteroatoms. The third-order valence-corrected chi connectivity index (χ3v) is 4.56. The molecule has 0 bridgehead atoms. The highest BCUT2D eigenvalue weighted by Gasteiger charge is 2.30. The molecule has 2 atom stereocenters. The Kier molecular flexibility index (Phi) is 6.69. The van der Waals surface area contributed by atoms with Crippen molar-refractivity contribution in [2.45, 2.75) is 25.6 Å². The van der Waals surface area contributed by atoms with Crippen LogP contribution in [-0.4, -0.2) is 78.3 Å². The Morgan fingerprint density at radius 3 is 2.80 bits per heavy atom. The van der Waals surface area contributed by atoms with Crippen molar-refractivity contribution in [3.63, 3.8) is 0 Å². The maximum Gasteiger partial charge on any atom is 0.401 e. The van der Waals surface area contributed by atoms with E-state index in [4.69, 9.17) is 0 Å². The van der Waals surface area contributed by atoms with E-state index in [1.165, 1.54) is 11.9 Å². The highest BCUT2D eigenvalue weighted by molar-refractivity contribution is 5.80. The zero-order valence-corrected chi connectivity index (χ0v) is 15.0. The molecule has 2 rings (SSSR count). The van der Waals surface area contributed by atoms with Gasteiger partial charge in [-0.15, -0.1) is 0 Å². The fourth-order valence-electron chi connectivity index (χ4n) is 3.17. The number of piperidine rings is 1. The zero-order valence-electron chi connectivity index (χ0n) is 15.0. The Bertz CT molecular complexity index is 543. The molecule has 0 amide bonds. The number of likely N-dealkylation sites (tertiary alicyclic amines) is 1. The Morgan fingerprint density at radius 1 is 1.44 bits per heavy atom. The number of imidazole rings is 1. The van der Waals surface area contributed by atoms with Gasteiger partial charge in [0.15, 0.2) is 5.96 Å². The van der Waals surface area contributed by atoms with Gasteiger partial charge in [0.2, 0.25) is 0 Å². The zero-order chi connectivity index (χ0) is 18.4. The number of nitrogens with zero attached hydrogens (tertiary/aromatic N) is 5. The molecule has 1 aliphatic heterocycles. The molecule has 1 aromatic rings. The number of aliphatic imine (C=N–C) groups is 1. The van der Waals surface area contributed by atoms with Gasteiger partial charge in [0.05, 0.1) is 18.9 Å². The van der Waals surface area contributed by atoms with E-state index >= 15 is 0 Å². The SMILES string of the molecule is CN=C(NCCN(C)CC(F)(F)F)N1CCC(C)C(n2ccnc2)C1. The highest BCUT2D eigenvalue weighted by atomic mass is 19.4. The summed E-state index contributed by atoms with van der Waals surface area (Å²) in [5, 5.41) is 3.18. The number of likely N-dealkylation sites (N-methyl/N-ethyl adjacent to an activating group) is 1. The summed E-state index contributed by atoms with van der Waals surface area (Å²) in [6, 6.07) is 0.308. The molecular weight excluding hydrogens is 333 g/mol. The average molecular weight is 360 g/mol. The number of halogens is 3. The average Bonchev–Trinajstić information content (AvgIpc) is 3.05. The van der Waals surface area contributed by atoms with E-state index < -0.39 is 12.7 Å². The first-order chi connectivity index (χ1) is 11.8. The van der Waals surface area contributed by atoms with Crippen LogP contribution in [0.4, 0.5) is 13.2 Å². The van der Waals surface area contributed by atoms with Gasteiger partial charge in [-0.2, -0.15) is 13.2 Å². The standard InChI is InChI=1S/C16H27F3N6/c1-13-4-7-24(10-14(13)25-9-5-21-12-25)15(20-2)22-6-8-23(3)11-16(17,18)19/h5,9,12-14H,4,6-8,10-11H2,1-3H3,(H,20,22). The Balaban J connectivity index is 1.86. The third-order valence-electron chi connectivity index (χ3n) is 4.56. The lowest BCUT2D eigenvalue weighted by atomic mass is 9.93. The lowest BCUT2D eigenvalue weighted by Gasteiger charge is -2.39. The van der Waals surface area contributed by atoms with Crippen LogP contribution in [0.15, 0.2) is 23.7 Å². The van der Waals surface area contributed by atoms with Crippen LogP contribution in [0.2, 0.25) is 0 Å². The Labute approximate surface area is 146 Å². The van der Waals surface area contributed by atoms with Gasteiger partial charge in [-0.05, 0) is 19.4 Å². The van der Waals surface area contributed by atoms with Crippen molar-refractivity contribution in [3.05, 3.63) is 18.7 Å². The van der Waals surface area contributed by atoms with Gasteiger partial charge in [-0.3, -0.25) is 9.89 Å². The number of alkyl halides is 3. The minimum atomic E-state index is -4.17. The summed E-state index contributed by atoms with van der Waals surface area (Å²) in [6.07, 6.45) is 2.42. The van der Waals surface area contributed by atoms with Crippen molar-refractivity contribution in [1.29, 1.82) is 0 Å². The quantitative estimate of drug-likeness (QED) is 0.643. The first-order valence-electron chi connectivity index (χ1n) is 8.48. The van der Waals surface area contributed by atoms with E-state index in [0.29, 0.717) is 25.0 Å². The summed E-state index contributed by atoms with van der Waals surface area (Å²) < 4.78 is 39.2. The molecule has 1 saturated heterocycles. The minimum absolute atomic E-state index is 0.299. The van der Waals surface area contributed by atoms with E-state index in [1.807, 2.05) is 12.5 Å². The molecule has 0 radical (unpaired) electrons. The van der Waals surface area contributed by atoms with E-state index in [-0.39, 0.29) is 0 Å². The molecule has 25 heavy (non-hydrogen) atoms. The highest BCUT2D eigenvalue weighted by Crippen LogP contribution is 2.27. The normalized spacial score (nSPS) is 22.5. The molecule has 2 heterocycles. The van der Waals surface area contributed by atoms with E-state index in [1.54, 1.807) is 13.2 Å². The van der Waals surface area contributed by atoms with Gasteiger partial charge in [-0.25, -0.2) is 4.98 Å². The lowest BCUT2D eigenvalue weighted by molar-refractivity contribution is -0.142. The van der Waals surface area contributed by atoms with Crippen LogP contribution < -0.4 is 5.32 Å². The largest absolute Gasteiger partial charge is 0.401 e. The molecule has 1 fully saturated rings. The van der Waals surface area contributed by atoms with Crippen LogP contribution in [0.1, 0.15) is 19.4 Å². The predicted octanol–water partition coefficient (Wildman–Crippen LogP) is 1.84. The maximum absolute atomic E-state index is 12.4. The molecule has 1 N–H and O–H groups in total. The van der Waals surface area contributed by atoms with Crippen molar-refractivity contribution in [2.24, 2.45) is 10.9 Å². The second-order valence-electron chi connectivity index (χ2n) is 6.62. The molecule has 142 valence electrons. The third kappa shape index (κ3) is 5.91. The molecule has 2 unspecified atom stereocenters. The minimum Gasteiger partial charge on any atom is -0.355 e. The molecule has 1 aliphatic rings. The van der Waals surface area contributed by atoms with Crippen LogP contribution in [0.5, 0.6) is 0 Å². The first kappa shape index (κ1) is 19.6. The summed E-state index contributed by atoms with van der Waals surface area (Å²) in [7, 11) is 3.17. The number of hydrogen-bond acceptors (Lipinski definition) is 3. The van der Waals surface area contributed by atoms with E-state index in [2.05, 4.69) is 31.7 Å².